The van der Waals surface area contributed by atoms with E-state index in [1.807, 2.05) is 0 Å². The molecule has 0 spiro atoms. The van der Waals surface area contributed by atoms with Crippen molar-refractivity contribution < 1.29 is 9.47 Å². The minimum atomic E-state index is -0.831. The minimum Gasteiger partial charge on any atom is -0.496 e. The number of ether oxygens (including phenoxy) is 2. The molecule has 0 N–H and O–H groups in total. The van der Waals surface area contributed by atoms with Gasteiger partial charge in [0.25, 0.3) is 0 Å². The van der Waals surface area contributed by atoms with Crippen LogP contribution in [0.1, 0.15) is 47.9 Å². The maximum absolute atomic E-state index is 7.43. The Bertz CT molecular complexity index is 1750. The fraction of sp³-hybridized carbons (Fsp3) is 0.250. The summed E-state index contributed by atoms with van der Waals surface area (Å²) < 4.78 is 13.4. The normalized spacial score (nSPS) is 17.3. The first-order chi connectivity index (χ1) is 21.7. The van der Waals surface area contributed by atoms with Crippen molar-refractivity contribution in [1.82, 2.24) is 0 Å². The summed E-state index contributed by atoms with van der Waals surface area (Å²) >= 11 is 0. The molecule has 0 aliphatic carbocycles. The maximum atomic E-state index is 7.43. The third kappa shape index (κ3) is 4.52. The van der Waals surface area contributed by atoms with Crippen LogP contribution in [-0.4, -0.2) is 33.3 Å². The molecule has 5 aromatic carbocycles. The van der Waals surface area contributed by atoms with Crippen molar-refractivity contribution in [3.8, 4) is 11.5 Å². The van der Waals surface area contributed by atoms with E-state index in [1.165, 1.54) is 37.1 Å². The molecule has 2 fully saturated rings. The Morgan fingerprint density at radius 2 is 1.14 bits per heavy atom. The molecule has 2 saturated heterocycles. The molecule has 3 aliphatic rings. The van der Waals surface area contributed by atoms with Crippen LogP contribution in [0.2, 0.25) is 0 Å². The van der Waals surface area contributed by atoms with Crippen molar-refractivity contribution in [3.63, 3.8) is 0 Å². The molecular weight excluding hydrogens is 540 g/mol. The van der Waals surface area contributed by atoms with E-state index in [0.717, 1.165) is 76.3 Å². The number of hydrogen-bond acceptors (Lipinski definition) is 4. The Kier molecular flexibility index (Phi) is 6.78. The molecule has 0 unspecified atom stereocenters. The van der Waals surface area contributed by atoms with Crippen LogP contribution in [-0.2, 0) is 5.60 Å². The number of methoxy groups -OCH3 is 1. The third-order valence-electron chi connectivity index (χ3n) is 9.70. The lowest BCUT2D eigenvalue weighted by Gasteiger charge is -2.39. The van der Waals surface area contributed by atoms with Crippen molar-refractivity contribution in [3.05, 3.63) is 138 Å². The first kappa shape index (κ1) is 26.9. The fourth-order valence-electron chi connectivity index (χ4n) is 7.36. The first-order valence-electron chi connectivity index (χ1n) is 16.0. The van der Waals surface area contributed by atoms with Gasteiger partial charge in [-0.3, -0.25) is 0 Å². The topological polar surface area (TPSA) is 24.9 Å². The molecule has 0 radical (unpaired) electrons. The third-order valence-corrected chi connectivity index (χ3v) is 9.70. The van der Waals surface area contributed by atoms with Crippen LogP contribution in [0.25, 0.3) is 16.3 Å². The highest BCUT2D eigenvalue weighted by Crippen LogP contribution is 2.51. The van der Waals surface area contributed by atoms with Crippen molar-refractivity contribution in [1.29, 1.82) is 0 Å². The standard InChI is InChI=1S/C40H38N2O2/c1-43-38-27-36-37(29-11-3-2-4-12-29)28-40(44-39(36)35-14-6-5-13-34(35)38,30-15-19-32(20-16-30)41-23-7-8-24-41)31-17-21-33(22-18-31)42-25-9-10-26-42/h2-6,11-22,27-28H,7-10,23-26H2,1H3. The Balaban J connectivity index is 1.37. The zero-order chi connectivity index (χ0) is 29.5. The average Bonchev–Trinajstić information content (AvgIpc) is 3.84. The predicted molar refractivity (Wildman–Crippen MR) is 181 cm³/mol. The number of benzene rings is 5. The predicted octanol–water partition coefficient (Wildman–Crippen LogP) is 8.82. The van der Waals surface area contributed by atoms with Gasteiger partial charge in [0.1, 0.15) is 11.5 Å². The zero-order valence-corrected chi connectivity index (χ0v) is 25.3. The number of hydrogen-bond donors (Lipinski definition) is 0. The molecule has 8 rings (SSSR count). The second-order valence-corrected chi connectivity index (χ2v) is 12.2. The summed E-state index contributed by atoms with van der Waals surface area (Å²) in [6, 6.07) is 39.5. The number of anilines is 2. The molecule has 0 amide bonds. The molecular formula is C40H38N2O2. The van der Waals surface area contributed by atoms with Crippen molar-refractivity contribution >= 4 is 27.7 Å². The van der Waals surface area contributed by atoms with Crippen LogP contribution in [0.3, 0.4) is 0 Å². The van der Waals surface area contributed by atoms with Crippen molar-refractivity contribution in [2.75, 3.05) is 43.1 Å². The molecule has 4 heteroatoms. The van der Waals surface area contributed by atoms with Crippen LogP contribution in [0, 0.1) is 0 Å². The van der Waals surface area contributed by atoms with E-state index in [2.05, 4.69) is 125 Å². The lowest BCUT2D eigenvalue weighted by atomic mass is 9.79. The summed E-state index contributed by atoms with van der Waals surface area (Å²) in [7, 11) is 1.75. The summed E-state index contributed by atoms with van der Waals surface area (Å²) in [5.41, 5.74) is 7.31. The van der Waals surface area contributed by atoms with Gasteiger partial charge in [0, 0.05) is 65.0 Å². The van der Waals surface area contributed by atoms with E-state index in [0.29, 0.717) is 0 Å². The molecule has 0 saturated carbocycles. The summed E-state index contributed by atoms with van der Waals surface area (Å²) in [5.74, 6) is 1.73. The zero-order valence-electron chi connectivity index (χ0n) is 25.3. The van der Waals surface area contributed by atoms with Gasteiger partial charge in [0.15, 0.2) is 5.60 Å². The van der Waals surface area contributed by atoms with Gasteiger partial charge in [-0.05, 0) is 73.2 Å². The molecule has 0 aromatic heterocycles. The Labute approximate surface area is 260 Å². The summed E-state index contributed by atoms with van der Waals surface area (Å²) in [4.78, 5) is 4.98. The molecule has 3 aliphatic heterocycles. The van der Waals surface area contributed by atoms with Gasteiger partial charge >= 0.3 is 0 Å². The van der Waals surface area contributed by atoms with Gasteiger partial charge in [-0.2, -0.15) is 0 Å². The van der Waals surface area contributed by atoms with Crippen molar-refractivity contribution in [2.45, 2.75) is 31.3 Å². The van der Waals surface area contributed by atoms with Gasteiger partial charge < -0.3 is 19.3 Å². The molecule has 220 valence electrons. The number of rotatable bonds is 6. The number of fused-ring (bicyclic) bond motifs is 3. The van der Waals surface area contributed by atoms with E-state index in [9.17, 15) is 0 Å². The maximum Gasteiger partial charge on any atom is 0.178 e. The highest BCUT2D eigenvalue weighted by Gasteiger charge is 2.41. The Morgan fingerprint density at radius 1 is 0.614 bits per heavy atom. The van der Waals surface area contributed by atoms with Gasteiger partial charge in [0.05, 0.1) is 7.11 Å². The van der Waals surface area contributed by atoms with E-state index < -0.39 is 5.60 Å². The summed E-state index contributed by atoms with van der Waals surface area (Å²) in [6.07, 6.45) is 7.38. The fourth-order valence-corrected chi connectivity index (χ4v) is 7.36. The molecule has 5 aromatic rings. The monoisotopic (exact) mass is 578 g/mol. The quantitative estimate of drug-likeness (QED) is 0.201. The molecule has 4 nitrogen and oxygen atoms in total. The SMILES string of the molecule is COc1cc2c(c3ccccc13)OC(c1ccc(N3CCCC3)cc1)(c1ccc(N3CCCC3)cc1)C=C2c1ccccc1. The number of nitrogens with zero attached hydrogens (tertiary/aromatic N) is 2. The van der Waals surface area contributed by atoms with Crippen LogP contribution >= 0.6 is 0 Å². The Morgan fingerprint density at radius 3 is 1.68 bits per heavy atom. The lowest BCUT2D eigenvalue weighted by molar-refractivity contribution is 0.162. The van der Waals surface area contributed by atoms with Crippen LogP contribution < -0.4 is 19.3 Å². The van der Waals surface area contributed by atoms with E-state index in [4.69, 9.17) is 9.47 Å². The second-order valence-electron chi connectivity index (χ2n) is 12.2. The second kappa shape index (κ2) is 11.1. The van der Waals surface area contributed by atoms with Gasteiger partial charge in [0.2, 0.25) is 0 Å². The lowest BCUT2D eigenvalue weighted by Crippen LogP contribution is -2.35. The van der Waals surface area contributed by atoms with Crippen molar-refractivity contribution in [2.24, 2.45) is 0 Å². The van der Waals surface area contributed by atoms with Gasteiger partial charge in [-0.15, -0.1) is 0 Å². The highest BCUT2D eigenvalue weighted by molar-refractivity contribution is 6.01. The smallest absolute Gasteiger partial charge is 0.178 e. The minimum absolute atomic E-state index is 0.831. The van der Waals surface area contributed by atoms with E-state index >= 15 is 0 Å². The molecule has 0 bridgehead atoms. The molecule has 44 heavy (non-hydrogen) atoms. The van der Waals surface area contributed by atoms with Gasteiger partial charge in [-0.1, -0.05) is 78.9 Å². The average molecular weight is 579 g/mol. The molecule has 3 heterocycles. The highest BCUT2D eigenvalue weighted by atomic mass is 16.5. The van der Waals surface area contributed by atoms with E-state index in [-0.39, 0.29) is 0 Å². The Hall–Kier alpha value is -4.70. The summed E-state index contributed by atoms with van der Waals surface area (Å²) in [6.45, 7) is 4.49. The molecule has 0 atom stereocenters. The largest absolute Gasteiger partial charge is 0.496 e. The first-order valence-corrected chi connectivity index (χ1v) is 16.0. The van der Waals surface area contributed by atoms with Gasteiger partial charge in [-0.25, -0.2) is 0 Å². The van der Waals surface area contributed by atoms with Crippen LogP contribution in [0.4, 0.5) is 11.4 Å². The van der Waals surface area contributed by atoms with Crippen LogP contribution in [0.15, 0.2) is 115 Å². The van der Waals surface area contributed by atoms with Crippen LogP contribution in [0.5, 0.6) is 11.5 Å². The van der Waals surface area contributed by atoms with E-state index in [1.54, 1.807) is 7.11 Å². The summed E-state index contributed by atoms with van der Waals surface area (Å²) in [5, 5.41) is 2.10.